The molecule has 92 valence electrons. The third-order valence-corrected chi connectivity index (χ3v) is 2.43. The first-order chi connectivity index (χ1) is 8.13. The summed E-state index contributed by atoms with van der Waals surface area (Å²) in [7, 11) is 0. The van der Waals surface area contributed by atoms with E-state index in [1.54, 1.807) is 13.1 Å². The second-order valence-corrected chi connectivity index (χ2v) is 3.90. The Morgan fingerprint density at radius 1 is 1.59 bits per heavy atom. The number of carboxylic acid groups (broad SMARTS) is 1. The number of nitrogens with one attached hydrogen (secondary N) is 1. The van der Waals surface area contributed by atoms with E-state index in [9.17, 15) is 4.79 Å². The van der Waals surface area contributed by atoms with Crippen molar-refractivity contribution in [3.05, 3.63) is 41.2 Å². The van der Waals surface area contributed by atoms with E-state index in [0.717, 1.165) is 17.7 Å². The van der Waals surface area contributed by atoms with Crippen LogP contribution in [0.4, 0.5) is 0 Å². The van der Waals surface area contributed by atoms with Gasteiger partial charge in [-0.25, -0.2) is 4.79 Å². The largest absolute Gasteiger partial charge is 0.478 e. The molecule has 1 aromatic rings. The number of pyridine rings is 1. The molecule has 0 aliphatic rings. The molecule has 0 fully saturated rings. The fourth-order valence-corrected chi connectivity index (χ4v) is 1.59. The summed E-state index contributed by atoms with van der Waals surface area (Å²) in [5, 5.41) is 11.8. The second-order valence-electron chi connectivity index (χ2n) is 3.90. The van der Waals surface area contributed by atoms with Crippen LogP contribution in [0.15, 0.2) is 30.0 Å². The molecule has 0 aromatic carbocycles. The van der Waals surface area contributed by atoms with E-state index in [1.807, 2.05) is 6.07 Å². The average molecular weight is 234 g/mol. The summed E-state index contributed by atoms with van der Waals surface area (Å²) in [6.07, 6.45) is 3.94. The van der Waals surface area contributed by atoms with Gasteiger partial charge in [0.1, 0.15) is 0 Å². The van der Waals surface area contributed by atoms with Crippen molar-refractivity contribution in [1.29, 1.82) is 0 Å². The van der Waals surface area contributed by atoms with E-state index in [-0.39, 0.29) is 0 Å². The Balaban J connectivity index is 2.48. The molecular weight excluding hydrogens is 216 g/mol. The van der Waals surface area contributed by atoms with Gasteiger partial charge < -0.3 is 10.4 Å². The van der Waals surface area contributed by atoms with E-state index in [0.29, 0.717) is 13.1 Å². The van der Waals surface area contributed by atoms with Gasteiger partial charge in [0.2, 0.25) is 0 Å². The highest BCUT2D eigenvalue weighted by molar-refractivity contribution is 5.80. The Morgan fingerprint density at radius 3 is 3.00 bits per heavy atom. The van der Waals surface area contributed by atoms with E-state index in [2.05, 4.69) is 23.3 Å². The summed E-state index contributed by atoms with van der Waals surface area (Å²) >= 11 is 0. The molecule has 0 radical (unpaired) electrons. The summed E-state index contributed by atoms with van der Waals surface area (Å²) in [4.78, 5) is 14.7. The zero-order chi connectivity index (χ0) is 12.7. The molecule has 2 N–H and O–H groups in total. The summed E-state index contributed by atoms with van der Waals surface area (Å²) < 4.78 is 0. The molecule has 1 aromatic heterocycles. The molecule has 1 heterocycles. The smallest absolute Gasteiger partial charge is 0.328 e. The van der Waals surface area contributed by atoms with E-state index in [4.69, 9.17) is 5.11 Å². The SMILES string of the molecule is CCc1cccnc1CNC/C(C)=C/C(=O)O. The molecule has 0 amide bonds. The van der Waals surface area contributed by atoms with Crippen molar-refractivity contribution in [1.82, 2.24) is 10.3 Å². The average Bonchev–Trinajstić information content (AvgIpc) is 2.28. The summed E-state index contributed by atoms with van der Waals surface area (Å²) in [6.45, 7) is 5.11. The lowest BCUT2D eigenvalue weighted by atomic mass is 10.1. The molecule has 0 unspecified atom stereocenters. The molecule has 0 spiro atoms. The van der Waals surface area contributed by atoms with Crippen LogP contribution >= 0.6 is 0 Å². The summed E-state index contributed by atoms with van der Waals surface area (Å²) in [5.41, 5.74) is 3.05. The van der Waals surface area contributed by atoms with Crippen LogP contribution in [0.2, 0.25) is 0 Å². The number of carbonyl (C=O) groups is 1. The summed E-state index contributed by atoms with van der Waals surface area (Å²) in [5.74, 6) is -0.906. The molecular formula is C13H18N2O2. The maximum Gasteiger partial charge on any atom is 0.328 e. The number of carboxylic acids is 1. The number of hydrogen-bond donors (Lipinski definition) is 2. The van der Waals surface area contributed by atoms with Gasteiger partial charge in [-0.3, -0.25) is 4.98 Å². The van der Waals surface area contributed by atoms with E-state index in [1.165, 1.54) is 11.6 Å². The van der Waals surface area contributed by atoms with Gasteiger partial charge in [0.25, 0.3) is 0 Å². The highest BCUT2D eigenvalue weighted by Crippen LogP contribution is 2.05. The molecule has 0 saturated carbocycles. The number of rotatable bonds is 6. The Morgan fingerprint density at radius 2 is 2.35 bits per heavy atom. The quantitative estimate of drug-likeness (QED) is 0.736. The number of nitrogens with zero attached hydrogens (tertiary/aromatic N) is 1. The number of aryl methyl sites for hydroxylation is 1. The molecule has 0 aliphatic carbocycles. The van der Waals surface area contributed by atoms with Crippen LogP contribution in [-0.2, 0) is 17.8 Å². The van der Waals surface area contributed by atoms with Gasteiger partial charge in [-0.15, -0.1) is 0 Å². The minimum Gasteiger partial charge on any atom is -0.478 e. The lowest BCUT2D eigenvalue weighted by Gasteiger charge is -2.08. The Labute approximate surface area is 101 Å². The Hall–Kier alpha value is -1.68. The normalized spacial score (nSPS) is 11.5. The van der Waals surface area contributed by atoms with Crippen LogP contribution in [0, 0.1) is 0 Å². The van der Waals surface area contributed by atoms with Gasteiger partial charge in [0, 0.05) is 25.4 Å². The van der Waals surface area contributed by atoms with Crippen LogP contribution in [0.1, 0.15) is 25.1 Å². The standard InChI is InChI=1S/C13H18N2O2/c1-3-11-5-4-6-15-12(11)9-14-8-10(2)7-13(16)17/h4-7,14H,3,8-9H2,1-2H3,(H,16,17)/b10-7+. The minimum atomic E-state index is -0.906. The van der Waals surface area contributed by atoms with Crippen molar-refractivity contribution in [2.75, 3.05) is 6.54 Å². The highest BCUT2D eigenvalue weighted by atomic mass is 16.4. The molecule has 4 nitrogen and oxygen atoms in total. The molecule has 0 aliphatic heterocycles. The summed E-state index contributed by atoms with van der Waals surface area (Å²) in [6, 6.07) is 3.99. The molecule has 0 bridgehead atoms. The van der Waals surface area contributed by atoms with Gasteiger partial charge in [0.05, 0.1) is 5.69 Å². The topological polar surface area (TPSA) is 62.2 Å². The number of aliphatic carboxylic acids is 1. The van der Waals surface area contributed by atoms with Crippen molar-refractivity contribution in [3.63, 3.8) is 0 Å². The third kappa shape index (κ3) is 4.78. The highest BCUT2D eigenvalue weighted by Gasteiger charge is 2.01. The van der Waals surface area contributed by atoms with Crippen LogP contribution in [0.3, 0.4) is 0 Å². The number of hydrogen-bond acceptors (Lipinski definition) is 3. The van der Waals surface area contributed by atoms with Crippen LogP contribution in [-0.4, -0.2) is 22.6 Å². The number of aromatic nitrogens is 1. The lowest BCUT2D eigenvalue weighted by Crippen LogP contribution is -2.18. The van der Waals surface area contributed by atoms with E-state index >= 15 is 0 Å². The first-order valence-corrected chi connectivity index (χ1v) is 5.67. The van der Waals surface area contributed by atoms with Gasteiger partial charge in [-0.1, -0.05) is 18.6 Å². The zero-order valence-electron chi connectivity index (χ0n) is 10.2. The third-order valence-electron chi connectivity index (χ3n) is 2.43. The molecule has 0 saturated heterocycles. The zero-order valence-corrected chi connectivity index (χ0v) is 10.2. The molecule has 4 heteroatoms. The molecule has 1 rings (SSSR count). The van der Waals surface area contributed by atoms with Crippen LogP contribution < -0.4 is 5.32 Å². The van der Waals surface area contributed by atoms with Crippen LogP contribution in [0.25, 0.3) is 0 Å². The maximum absolute atomic E-state index is 10.4. The fraction of sp³-hybridized carbons (Fsp3) is 0.385. The minimum absolute atomic E-state index is 0.562. The van der Waals surface area contributed by atoms with Crippen molar-refractivity contribution in [2.24, 2.45) is 0 Å². The maximum atomic E-state index is 10.4. The van der Waals surface area contributed by atoms with Crippen molar-refractivity contribution in [3.8, 4) is 0 Å². The molecule has 17 heavy (non-hydrogen) atoms. The van der Waals surface area contributed by atoms with Gasteiger partial charge in [-0.2, -0.15) is 0 Å². The molecule has 0 atom stereocenters. The van der Waals surface area contributed by atoms with Gasteiger partial charge >= 0.3 is 5.97 Å². The van der Waals surface area contributed by atoms with Gasteiger partial charge in [-0.05, 0) is 25.0 Å². The fourth-order valence-electron chi connectivity index (χ4n) is 1.59. The predicted octanol–water partition coefficient (Wildman–Crippen LogP) is 1.76. The first kappa shape index (κ1) is 13.4. The van der Waals surface area contributed by atoms with Crippen LogP contribution in [0.5, 0.6) is 0 Å². The van der Waals surface area contributed by atoms with Gasteiger partial charge in [0.15, 0.2) is 0 Å². The Bertz CT molecular complexity index is 414. The lowest BCUT2D eigenvalue weighted by molar-refractivity contribution is -0.131. The van der Waals surface area contributed by atoms with E-state index < -0.39 is 5.97 Å². The van der Waals surface area contributed by atoms with Crippen molar-refractivity contribution < 1.29 is 9.90 Å². The van der Waals surface area contributed by atoms with Crippen molar-refractivity contribution in [2.45, 2.75) is 26.8 Å². The Kier molecular flexibility index (Phi) is 5.36. The predicted molar refractivity (Wildman–Crippen MR) is 66.7 cm³/mol. The van der Waals surface area contributed by atoms with Crippen molar-refractivity contribution >= 4 is 5.97 Å². The monoisotopic (exact) mass is 234 g/mol. The second kappa shape index (κ2) is 6.81. The first-order valence-electron chi connectivity index (χ1n) is 5.67.